The van der Waals surface area contributed by atoms with E-state index in [9.17, 15) is 0 Å². The van der Waals surface area contributed by atoms with Crippen molar-refractivity contribution in [1.82, 2.24) is 9.71 Å². The first-order valence-electron chi connectivity index (χ1n) is 7.79. The van der Waals surface area contributed by atoms with Crippen molar-refractivity contribution in [2.24, 2.45) is 10.7 Å². The molecule has 1 saturated carbocycles. The number of aliphatic imine (C=N–C) groups is 1. The van der Waals surface area contributed by atoms with Crippen LogP contribution in [0.4, 0.5) is 10.1 Å². The molecule has 25 heavy (non-hydrogen) atoms. The Labute approximate surface area is 152 Å². The van der Waals surface area contributed by atoms with E-state index in [1.165, 1.54) is 0 Å². The van der Waals surface area contributed by atoms with Crippen molar-refractivity contribution in [3.05, 3.63) is 48.3 Å². The van der Waals surface area contributed by atoms with E-state index in [-0.39, 0.29) is 16.3 Å². The smallest absolute Gasteiger partial charge is 0.252 e. The number of fused-ring (bicyclic) bond motifs is 1. The van der Waals surface area contributed by atoms with Crippen LogP contribution in [0.2, 0.25) is 0 Å². The number of pyridine rings is 1. The number of nitrogens with two attached hydrogens (primary N) is 1. The number of thiocarbonyl (C=S) groups is 1. The Kier molecular flexibility index (Phi) is 3.88. The van der Waals surface area contributed by atoms with Gasteiger partial charge in [0, 0.05) is 22.3 Å². The second kappa shape index (κ2) is 5.96. The molecule has 130 valence electrons. The number of ether oxygens (including phenoxy) is 1. The SMILES string of the molecule is COc1cccnc1C1CC1S1(NC(N)=S)C(F)=Nc2ccccc21. The van der Waals surface area contributed by atoms with Gasteiger partial charge in [-0.1, -0.05) is 22.3 Å². The third-order valence-corrected chi connectivity index (χ3v) is 8.37. The molecule has 0 amide bonds. The Balaban J connectivity index is 1.78. The lowest BCUT2D eigenvalue weighted by molar-refractivity contribution is 0.407. The van der Waals surface area contributed by atoms with Gasteiger partial charge in [0.25, 0.3) is 5.30 Å². The third-order valence-electron chi connectivity index (χ3n) is 4.50. The predicted molar refractivity (Wildman–Crippen MR) is 102 cm³/mol. The normalized spacial score (nSPS) is 29.1. The summed E-state index contributed by atoms with van der Waals surface area (Å²) in [5.74, 6) is 0.781. The molecular formula is C17H17FN4OS2. The number of para-hydroxylation sites is 1. The fourth-order valence-corrected chi connectivity index (χ4v) is 7.31. The Morgan fingerprint density at radius 2 is 2.16 bits per heavy atom. The van der Waals surface area contributed by atoms with Crippen molar-refractivity contribution in [2.45, 2.75) is 22.5 Å². The molecular weight excluding hydrogens is 359 g/mol. The molecule has 2 aromatic rings. The van der Waals surface area contributed by atoms with Crippen LogP contribution in [0.5, 0.6) is 5.75 Å². The number of hydrogen-bond donors (Lipinski definition) is 2. The number of rotatable bonds is 4. The first kappa shape index (κ1) is 16.3. The molecule has 0 saturated heterocycles. The van der Waals surface area contributed by atoms with Gasteiger partial charge in [0.1, 0.15) is 5.75 Å². The van der Waals surface area contributed by atoms with E-state index in [4.69, 9.17) is 22.7 Å². The molecule has 8 heteroatoms. The summed E-state index contributed by atoms with van der Waals surface area (Å²) in [5, 5.41) is -0.371. The van der Waals surface area contributed by atoms with Crippen LogP contribution in [0.25, 0.3) is 0 Å². The van der Waals surface area contributed by atoms with Gasteiger partial charge in [-0.05, 0) is 42.9 Å². The van der Waals surface area contributed by atoms with E-state index >= 15 is 4.39 Å². The summed E-state index contributed by atoms with van der Waals surface area (Å²) in [6.07, 6.45) is 2.50. The highest BCUT2D eigenvalue weighted by molar-refractivity contribution is 8.45. The van der Waals surface area contributed by atoms with Gasteiger partial charge in [0.05, 0.1) is 18.5 Å². The molecule has 5 nitrogen and oxygen atoms in total. The standard InChI is InChI=1S/C17H17FN4OS2/c1-23-12-6-4-8-20-15(12)10-9-14(10)25(22-17(19)24)13-7-3-2-5-11(13)21-16(25)18/h2-8,10,14H,9H2,1H3,(H3,19,22,24). The van der Waals surface area contributed by atoms with Crippen LogP contribution in [0.15, 0.2) is 52.5 Å². The van der Waals surface area contributed by atoms with Crippen molar-refractivity contribution in [1.29, 1.82) is 0 Å². The highest BCUT2D eigenvalue weighted by Gasteiger charge is 2.58. The van der Waals surface area contributed by atoms with E-state index in [0.717, 1.165) is 17.0 Å². The summed E-state index contributed by atoms with van der Waals surface area (Å²) in [5.41, 5.74) is 7.24. The molecule has 1 aliphatic carbocycles. The molecule has 1 aromatic carbocycles. The van der Waals surface area contributed by atoms with Crippen molar-refractivity contribution in [3.63, 3.8) is 0 Å². The fraction of sp³-hybridized carbons (Fsp3) is 0.235. The Morgan fingerprint density at radius 1 is 1.36 bits per heavy atom. The first-order valence-corrected chi connectivity index (χ1v) is 9.90. The quantitative estimate of drug-likeness (QED) is 0.799. The Bertz CT molecular complexity index is 890. The van der Waals surface area contributed by atoms with Crippen LogP contribution < -0.4 is 15.2 Å². The summed E-state index contributed by atoms with van der Waals surface area (Å²) >= 11 is 5.06. The third kappa shape index (κ3) is 2.47. The minimum atomic E-state index is -2.25. The van der Waals surface area contributed by atoms with Gasteiger partial charge in [-0.25, -0.2) is 4.99 Å². The van der Waals surface area contributed by atoms with Gasteiger partial charge in [0.15, 0.2) is 5.11 Å². The topological polar surface area (TPSA) is 72.5 Å². The van der Waals surface area contributed by atoms with E-state index in [0.29, 0.717) is 11.4 Å². The molecule has 0 bridgehead atoms. The lowest BCUT2D eigenvalue weighted by Gasteiger charge is -2.36. The zero-order chi connectivity index (χ0) is 17.6. The summed E-state index contributed by atoms with van der Waals surface area (Å²) in [7, 11) is -0.643. The highest BCUT2D eigenvalue weighted by Crippen LogP contribution is 2.74. The molecule has 3 unspecified atom stereocenters. The van der Waals surface area contributed by atoms with E-state index < -0.39 is 15.5 Å². The van der Waals surface area contributed by atoms with Crippen molar-refractivity contribution < 1.29 is 9.13 Å². The average molecular weight is 376 g/mol. The minimum Gasteiger partial charge on any atom is -0.495 e. The zero-order valence-corrected chi connectivity index (χ0v) is 15.1. The average Bonchev–Trinajstić information content (AvgIpc) is 3.36. The van der Waals surface area contributed by atoms with Crippen LogP contribution in [0, 0.1) is 0 Å². The number of aromatic nitrogens is 1. The van der Waals surface area contributed by atoms with E-state index in [1.54, 1.807) is 13.3 Å². The molecule has 3 N–H and O–H groups in total. The van der Waals surface area contributed by atoms with Gasteiger partial charge in [-0.3, -0.25) is 4.98 Å². The van der Waals surface area contributed by atoms with E-state index in [2.05, 4.69) is 14.7 Å². The maximum absolute atomic E-state index is 15.1. The Morgan fingerprint density at radius 3 is 2.92 bits per heavy atom. The Hall–Kier alpha value is -2.19. The van der Waals surface area contributed by atoms with Gasteiger partial charge >= 0.3 is 0 Å². The molecule has 1 fully saturated rings. The van der Waals surface area contributed by atoms with Crippen LogP contribution in [-0.2, 0) is 0 Å². The van der Waals surface area contributed by atoms with Crippen LogP contribution in [0.3, 0.4) is 0 Å². The van der Waals surface area contributed by atoms with Crippen LogP contribution >= 0.6 is 22.4 Å². The first-order chi connectivity index (χ1) is 12.1. The lowest BCUT2D eigenvalue weighted by atomic mass is 10.2. The van der Waals surface area contributed by atoms with Crippen LogP contribution in [-0.4, -0.2) is 27.8 Å². The molecule has 2 aliphatic rings. The minimum absolute atomic E-state index is 0.0230. The van der Waals surface area contributed by atoms with Gasteiger partial charge in [0.2, 0.25) is 0 Å². The van der Waals surface area contributed by atoms with Crippen molar-refractivity contribution in [3.8, 4) is 5.75 Å². The number of methoxy groups -OCH3 is 1. The summed E-state index contributed by atoms with van der Waals surface area (Å²) in [6.45, 7) is 0. The zero-order valence-electron chi connectivity index (χ0n) is 13.5. The highest BCUT2D eigenvalue weighted by atomic mass is 32.3. The number of benzene rings is 1. The van der Waals surface area contributed by atoms with Gasteiger partial charge < -0.3 is 15.2 Å². The predicted octanol–water partition coefficient (Wildman–Crippen LogP) is 3.53. The largest absolute Gasteiger partial charge is 0.495 e. The number of hydrogen-bond acceptors (Lipinski definition) is 4. The fourth-order valence-electron chi connectivity index (χ4n) is 3.40. The van der Waals surface area contributed by atoms with Crippen molar-refractivity contribution >= 4 is 38.5 Å². The van der Waals surface area contributed by atoms with E-state index in [1.807, 2.05) is 36.4 Å². The monoisotopic (exact) mass is 376 g/mol. The second-order valence-electron chi connectivity index (χ2n) is 5.93. The van der Waals surface area contributed by atoms with Crippen molar-refractivity contribution in [2.75, 3.05) is 7.11 Å². The summed E-state index contributed by atoms with van der Waals surface area (Å²) in [4.78, 5) is 9.44. The maximum atomic E-state index is 15.1. The number of nitrogens with zero attached hydrogens (tertiary/aromatic N) is 2. The number of nitrogens with one attached hydrogen (secondary N) is 1. The number of halogens is 1. The summed E-state index contributed by atoms with van der Waals surface area (Å²) in [6, 6.07) is 11.1. The van der Waals surface area contributed by atoms with Crippen LogP contribution in [0.1, 0.15) is 18.0 Å². The molecule has 3 atom stereocenters. The molecule has 2 heterocycles. The molecule has 1 aromatic heterocycles. The molecule has 0 spiro atoms. The lowest BCUT2D eigenvalue weighted by Crippen LogP contribution is -2.36. The summed E-state index contributed by atoms with van der Waals surface area (Å²) < 4.78 is 23.6. The second-order valence-corrected chi connectivity index (χ2v) is 9.28. The molecule has 0 radical (unpaired) electrons. The molecule has 1 aliphatic heterocycles. The van der Waals surface area contributed by atoms with Gasteiger partial charge in [-0.2, -0.15) is 4.39 Å². The maximum Gasteiger partial charge on any atom is 0.252 e. The van der Waals surface area contributed by atoms with Gasteiger partial charge in [-0.15, -0.1) is 0 Å². The molecule has 4 rings (SSSR count).